The summed E-state index contributed by atoms with van der Waals surface area (Å²) >= 11 is 6.19. The Morgan fingerprint density at radius 1 is 1.38 bits per heavy atom. The predicted molar refractivity (Wildman–Crippen MR) is 96.3 cm³/mol. The van der Waals surface area contributed by atoms with Gasteiger partial charge in [0.1, 0.15) is 5.02 Å². The number of benzene rings is 1. The number of anilines is 1. The highest BCUT2D eigenvalue weighted by molar-refractivity contribution is 6.33. The Morgan fingerprint density at radius 2 is 2.04 bits per heavy atom. The van der Waals surface area contributed by atoms with Crippen LogP contribution in [0.2, 0.25) is 5.02 Å². The summed E-state index contributed by atoms with van der Waals surface area (Å²) in [6, 6.07) is 6.35. The lowest BCUT2D eigenvalue weighted by molar-refractivity contribution is -0.140. The number of carboxylic acid groups (broad SMARTS) is 1. The minimum Gasteiger partial charge on any atom is -0.481 e. The molecule has 8 nitrogen and oxygen atoms in total. The first-order valence-electron chi connectivity index (χ1n) is 7.67. The Balaban J connectivity index is 2.47. The lowest BCUT2D eigenvalue weighted by atomic mass is 10.1. The van der Waals surface area contributed by atoms with Gasteiger partial charge in [0.2, 0.25) is 0 Å². The van der Waals surface area contributed by atoms with E-state index in [1.807, 2.05) is 0 Å². The van der Waals surface area contributed by atoms with E-state index >= 15 is 0 Å². The van der Waals surface area contributed by atoms with E-state index < -0.39 is 23.4 Å². The maximum absolute atomic E-state index is 12.7. The molecule has 138 valence electrons. The van der Waals surface area contributed by atoms with Crippen molar-refractivity contribution in [3.05, 3.63) is 51.4 Å². The highest BCUT2D eigenvalue weighted by Crippen LogP contribution is 2.22. The average Bonchev–Trinajstić information content (AvgIpc) is 2.63. The van der Waals surface area contributed by atoms with Crippen molar-refractivity contribution in [2.75, 3.05) is 25.6 Å². The number of hydrogen-bond donors (Lipinski definition) is 1. The third-order valence-electron chi connectivity index (χ3n) is 3.82. The van der Waals surface area contributed by atoms with Crippen LogP contribution < -0.4 is 10.5 Å². The second-order valence-electron chi connectivity index (χ2n) is 5.69. The fourth-order valence-corrected chi connectivity index (χ4v) is 2.66. The van der Waals surface area contributed by atoms with Crippen LogP contribution >= 0.6 is 11.6 Å². The van der Waals surface area contributed by atoms with E-state index in [1.165, 1.54) is 19.4 Å². The van der Waals surface area contributed by atoms with E-state index in [0.29, 0.717) is 5.69 Å². The van der Waals surface area contributed by atoms with E-state index in [4.69, 9.17) is 21.4 Å². The molecule has 0 saturated carbocycles. The molecule has 1 heterocycles. The highest BCUT2D eigenvalue weighted by Gasteiger charge is 2.20. The Labute approximate surface area is 154 Å². The summed E-state index contributed by atoms with van der Waals surface area (Å²) in [4.78, 5) is 37.1. The van der Waals surface area contributed by atoms with Crippen molar-refractivity contribution in [1.82, 2.24) is 9.78 Å². The van der Waals surface area contributed by atoms with Gasteiger partial charge >= 0.3 is 11.9 Å². The standard InChI is InChI=1S/C17H18ClN3O5/c1-10(16(23)24)9-20(2)13-8-19-21(15(22)14(13)18)12-7-5-4-6-11(12)17(25)26-3/h4-8,10H,9H2,1-3H3,(H,23,24). The molecule has 0 spiro atoms. The molecule has 26 heavy (non-hydrogen) atoms. The first kappa shape index (κ1) is 19.5. The van der Waals surface area contributed by atoms with Crippen LogP contribution in [-0.4, -0.2) is 47.5 Å². The van der Waals surface area contributed by atoms with E-state index in [0.717, 1.165) is 4.68 Å². The second kappa shape index (κ2) is 8.01. The minimum absolute atomic E-state index is 0.125. The van der Waals surface area contributed by atoms with Crippen LogP contribution in [0.4, 0.5) is 5.69 Å². The zero-order valence-corrected chi connectivity index (χ0v) is 15.2. The lowest BCUT2D eigenvalue weighted by Crippen LogP contribution is -2.31. The fraction of sp³-hybridized carbons (Fsp3) is 0.294. The number of aromatic nitrogens is 2. The number of carbonyl (C=O) groups is 2. The van der Waals surface area contributed by atoms with Gasteiger partial charge < -0.3 is 14.7 Å². The highest BCUT2D eigenvalue weighted by atomic mass is 35.5. The average molecular weight is 380 g/mol. The summed E-state index contributed by atoms with van der Waals surface area (Å²) in [6.45, 7) is 1.70. The Hall–Kier alpha value is -2.87. The number of rotatable bonds is 6. The molecule has 1 unspecified atom stereocenters. The number of hydrogen-bond acceptors (Lipinski definition) is 6. The van der Waals surface area contributed by atoms with Crippen molar-refractivity contribution in [3.63, 3.8) is 0 Å². The SMILES string of the molecule is COC(=O)c1ccccc1-n1ncc(N(C)CC(C)C(=O)O)c(Cl)c1=O. The first-order chi connectivity index (χ1) is 12.3. The molecular formula is C17H18ClN3O5. The molecular weight excluding hydrogens is 362 g/mol. The fourth-order valence-electron chi connectivity index (χ4n) is 2.39. The van der Waals surface area contributed by atoms with Gasteiger partial charge in [-0.2, -0.15) is 9.78 Å². The van der Waals surface area contributed by atoms with Gasteiger partial charge in [-0.3, -0.25) is 9.59 Å². The summed E-state index contributed by atoms with van der Waals surface area (Å²) < 4.78 is 5.72. The zero-order chi connectivity index (χ0) is 19.4. The first-order valence-corrected chi connectivity index (χ1v) is 8.05. The van der Waals surface area contributed by atoms with E-state index in [-0.39, 0.29) is 22.8 Å². The van der Waals surface area contributed by atoms with Gasteiger partial charge in [0.25, 0.3) is 5.56 Å². The van der Waals surface area contributed by atoms with E-state index in [1.54, 1.807) is 37.1 Å². The molecule has 1 atom stereocenters. The third kappa shape index (κ3) is 3.85. The van der Waals surface area contributed by atoms with E-state index in [9.17, 15) is 14.4 Å². The topological polar surface area (TPSA) is 102 Å². The third-order valence-corrected chi connectivity index (χ3v) is 4.17. The lowest BCUT2D eigenvalue weighted by Gasteiger charge is -2.22. The van der Waals surface area contributed by atoms with Crippen molar-refractivity contribution in [2.24, 2.45) is 5.92 Å². The molecule has 1 aromatic carbocycles. The van der Waals surface area contributed by atoms with Crippen LogP contribution in [0.25, 0.3) is 5.69 Å². The number of carboxylic acids is 1. The van der Waals surface area contributed by atoms with Crippen molar-refractivity contribution < 1.29 is 19.4 Å². The van der Waals surface area contributed by atoms with Crippen molar-refractivity contribution in [1.29, 1.82) is 0 Å². The number of aliphatic carboxylic acids is 1. The molecule has 0 saturated heterocycles. The minimum atomic E-state index is -0.957. The molecule has 1 N–H and O–H groups in total. The zero-order valence-electron chi connectivity index (χ0n) is 14.5. The van der Waals surface area contributed by atoms with Gasteiger partial charge in [0, 0.05) is 13.6 Å². The Bertz CT molecular complexity index is 896. The summed E-state index contributed by atoms with van der Waals surface area (Å²) in [6.07, 6.45) is 1.35. The molecule has 9 heteroatoms. The molecule has 0 aliphatic rings. The summed E-state index contributed by atoms with van der Waals surface area (Å²) in [5, 5.41) is 13.0. The van der Waals surface area contributed by atoms with E-state index in [2.05, 4.69) is 5.10 Å². The molecule has 0 aliphatic carbocycles. The smallest absolute Gasteiger partial charge is 0.340 e. The van der Waals surface area contributed by atoms with Crippen LogP contribution in [0, 0.1) is 5.92 Å². The van der Waals surface area contributed by atoms with Crippen LogP contribution in [0.1, 0.15) is 17.3 Å². The number of esters is 1. The van der Waals surface area contributed by atoms with Gasteiger partial charge in [-0.1, -0.05) is 30.7 Å². The summed E-state index contributed by atoms with van der Waals surface area (Å²) in [5.74, 6) is -2.22. The number of ether oxygens (including phenoxy) is 1. The van der Waals surface area contributed by atoms with Gasteiger partial charge in [0.05, 0.1) is 36.2 Å². The number of carbonyl (C=O) groups excluding carboxylic acids is 1. The van der Waals surface area contributed by atoms with Gasteiger partial charge in [-0.15, -0.1) is 0 Å². The number of para-hydroxylation sites is 1. The largest absolute Gasteiger partial charge is 0.481 e. The van der Waals surface area contributed by atoms with Crippen molar-refractivity contribution in [2.45, 2.75) is 6.92 Å². The second-order valence-corrected chi connectivity index (χ2v) is 6.07. The summed E-state index contributed by atoms with van der Waals surface area (Å²) in [7, 11) is 2.86. The number of nitrogens with zero attached hydrogens (tertiary/aromatic N) is 3. The molecule has 1 aromatic heterocycles. The summed E-state index contributed by atoms with van der Waals surface area (Å²) in [5.41, 5.74) is 0.0764. The maximum Gasteiger partial charge on any atom is 0.340 e. The quantitative estimate of drug-likeness (QED) is 0.764. The van der Waals surface area contributed by atoms with Crippen molar-refractivity contribution >= 4 is 29.2 Å². The van der Waals surface area contributed by atoms with Gasteiger partial charge in [0.15, 0.2) is 0 Å². The Morgan fingerprint density at radius 3 is 2.65 bits per heavy atom. The molecule has 0 bridgehead atoms. The number of methoxy groups -OCH3 is 1. The van der Waals surface area contributed by atoms with Crippen LogP contribution in [-0.2, 0) is 9.53 Å². The van der Waals surface area contributed by atoms with Crippen LogP contribution in [0.5, 0.6) is 0 Å². The van der Waals surface area contributed by atoms with Crippen LogP contribution in [0.15, 0.2) is 35.3 Å². The number of halogens is 1. The molecule has 0 aliphatic heterocycles. The molecule has 0 fully saturated rings. The van der Waals surface area contributed by atoms with Crippen molar-refractivity contribution in [3.8, 4) is 5.69 Å². The van der Waals surface area contributed by atoms with Gasteiger partial charge in [-0.25, -0.2) is 4.79 Å². The maximum atomic E-state index is 12.7. The normalized spacial score (nSPS) is 11.7. The van der Waals surface area contributed by atoms with Crippen LogP contribution in [0.3, 0.4) is 0 Å². The Kier molecular flexibility index (Phi) is 5.99. The van der Waals surface area contributed by atoms with Gasteiger partial charge in [-0.05, 0) is 12.1 Å². The predicted octanol–water partition coefficient (Wildman–Crippen LogP) is 1.83. The molecule has 0 radical (unpaired) electrons. The monoisotopic (exact) mass is 379 g/mol. The molecule has 2 aromatic rings. The molecule has 2 rings (SSSR count). The molecule has 0 amide bonds.